The van der Waals surface area contributed by atoms with Crippen molar-refractivity contribution in [1.82, 2.24) is 4.98 Å². The predicted molar refractivity (Wildman–Crippen MR) is 61.7 cm³/mol. The maximum atomic E-state index is 3.37. The highest BCUT2D eigenvalue weighted by Gasteiger charge is 2.16. The molecule has 0 spiro atoms. The summed E-state index contributed by atoms with van der Waals surface area (Å²) >= 11 is 0. The summed E-state index contributed by atoms with van der Waals surface area (Å²) in [5.41, 5.74) is 4.11. The molecule has 1 aromatic carbocycles. The third kappa shape index (κ3) is 1.43. The monoisotopic (exact) mass is 187 g/mol. The van der Waals surface area contributed by atoms with Crippen LogP contribution in [0, 0.1) is 6.92 Å². The summed E-state index contributed by atoms with van der Waals surface area (Å²) in [4.78, 5) is 3.37. The van der Waals surface area contributed by atoms with Crippen molar-refractivity contribution in [3.05, 3.63) is 35.5 Å². The van der Waals surface area contributed by atoms with E-state index in [1.807, 2.05) is 0 Å². The van der Waals surface area contributed by atoms with Crippen molar-refractivity contribution < 1.29 is 0 Å². The zero-order chi connectivity index (χ0) is 10.3. The minimum Gasteiger partial charge on any atom is -0.359 e. The Kier molecular flexibility index (Phi) is 1.91. The Labute approximate surface area is 85.1 Å². The van der Waals surface area contributed by atoms with Crippen LogP contribution in [-0.4, -0.2) is 4.98 Å². The molecule has 1 nitrogen and oxygen atoms in total. The Morgan fingerprint density at radius 1 is 1.14 bits per heavy atom. The van der Waals surface area contributed by atoms with Crippen LogP contribution in [0.2, 0.25) is 0 Å². The normalized spacial score (nSPS) is 12.3. The summed E-state index contributed by atoms with van der Waals surface area (Å²) in [5.74, 6) is 0. The molecule has 2 rings (SSSR count). The smallest absolute Gasteiger partial charge is 0.0458 e. The van der Waals surface area contributed by atoms with Crippen LogP contribution in [0.15, 0.2) is 24.3 Å². The maximum Gasteiger partial charge on any atom is 0.0458 e. The molecule has 0 aliphatic carbocycles. The van der Waals surface area contributed by atoms with Crippen molar-refractivity contribution >= 4 is 10.9 Å². The van der Waals surface area contributed by atoms with Gasteiger partial charge < -0.3 is 4.98 Å². The Hall–Kier alpha value is -1.24. The molecule has 1 N–H and O–H groups in total. The van der Waals surface area contributed by atoms with E-state index in [2.05, 4.69) is 56.9 Å². The SMILES string of the molecule is Cc1cc2c(C(C)(C)C)cccc2[nH]1. The molecule has 1 aromatic heterocycles. The fraction of sp³-hybridized carbons (Fsp3) is 0.385. The number of aromatic nitrogens is 1. The van der Waals surface area contributed by atoms with E-state index in [4.69, 9.17) is 0 Å². The Morgan fingerprint density at radius 2 is 1.86 bits per heavy atom. The molecular formula is C13H17N. The molecule has 0 atom stereocenters. The highest BCUT2D eigenvalue weighted by atomic mass is 14.7. The number of hydrogen-bond donors (Lipinski definition) is 1. The zero-order valence-corrected chi connectivity index (χ0v) is 9.31. The summed E-state index contributed by atoms with van der Waals surface area (Å²) in [7, 11) is 0. The number of aromatic amines is 1. The van der Waals surface area contributed by atoms with E-state index in [1.165, 1.54) is 22.2 Å². The van der Waals surface area contributed by atoms with Gasteiger partial charge in [-0.1, -0.05) is 32.9 Å². The van der Waals surface area contributed by atoms with Crippen molar-refractivity contribution in [2.45, 2.75) is 33.1 Å². The standard InChI is InChI=1S/C13H17N/c1-9-8-10-11(13(2,3)4)6-5-7-12(10)14-9/h5-8,14H,1-4H3. The van der Waals surface area contributed by atoms with Crippen LogP contribution in [-0.2, 0) is 5.41 Å². The third-order valence-electron chi connectivity index (χ3n) is 2.61. The Balaban J connectivity index is 2.77. The molecule has 2 aromatic rings. The van der Waals surface area contributed by atoms with Gasteiger partial charge in [-0.3, -0.25) is 0 Å². The fourth-order valence-corrected chi connectivity index (χ4v) is 1.95. The number of nitrogens with one attached hydrogen (secondary N) is 1. The Morgan fingerprint density at radius 3 is 2.50 bits per heavy atom. The number of aryl methyl sites for hydroxylation is 1. The highest BCUT2D eigenvalue weighted by Crippen LogP contribution is 2.30. The van der Waals surface area contributed by atoms with Gasteiger partial charge in [0.25, 0.3) is 0 Å². The van der Waals surface area contributed by atoms with Crippen LogP contribution in [0.25, 0.3) is 10.9 Å². The molecule has 1 heterocycles. The second-order valence-corrected chi connectivity index (χ2v) is 4.97. The molecule has 0 bridgehead atoms. The van der Waals surface area contributed by atoms with Crippen LogP contribution < -0.4 is 0 Å². The molecule has 0 radical (unpaired) electrons. The first-order valence-corrected chi connectivity index (χ1v) is 5.07. The van der Waals surface area contributed by atoms with Crippen molar-refractivity contribution in [2.75, 3.05) is 0 Å². The molecule has 74 valence electrons. The lowest BCUT2D eigenvalue weighted by molar-refractivity contribution is 0.596. The lowest BCUT2D eigenvalue weighted by Gasteiger charge is -2.19. The predicted octanol–water partition coefficient (Wildman–Crippen LogP) is 3.77. The van der Waals surface area contributed by atoms with Gasteiger partial charge in [0.15, 0.2) is 0 Å². The molecule has 0 aliphatic heterocycles. The van der Waals surface area contributed by atoms with E-state index < -0.39 is 0 Å². The second kappa shape index (κ2) is 2.88. The molecule has 0 unspecified atom stereocenters. The first kappa shape index (κ1) is 9.32. The average molecular weight is 187 g/mol. The molecule has 0 saturated carbocycles. The molecule has 0 amide bonds. The topological polar surface area (TPSA) is 15.8 Å². The average Bonchev–Trinajstić information content (AvgIpc) is 2.41. The number of H-pyrrole nitrogens is 1. The quantitative estimate of drug-likeness (QED) is 0.646. The van der Waals surface area contributed by atoms with Gasteiger partial charge in [-0.2, -0.15) is 0 Å². The third-order valence-corrected chi connectivity index (χ3v) is 2.61. The van der Waals surface area contributed by atoms with E-state index in [9.17, 15) is 0 Å². The van der Waals surface area contributed by atoms with Gasteiger partial charge in [0.1, 0.15) is 0 Å². The lowest BCUT2D eigenvalue weighted by Crippen LogP contribution is -2.10. The molecule has 0 saturated heterocycles. The Bertz CT molecular complexity index is 458. The van der Waals surface area contributed by atoms with E-state index >= 15 is 0 Å². The van der Waals surface area contributed by atoms with Crippen LogP contribution in [0.1, 0.15) is 32.0 Å². The van der Waals surface area contributed by atoms with Gasteiger partial charge in [0, 0.05) is 16.6 Å². The first-order valence-electron chi connectivity index (χ1n) is 5.07. The van der Waals surface area contributed by atoms with Crippen molar-refractivity contribution in [1.29, 1.82) is 0 Å². The van der Waals surface area contributed by atoms with Gasteiger partial charge in [-0.05, 0) is 30.0 Å². The lowest BCUT2D eigenvalue weighted by atomic mass is 9.85. The highest BCUT2D eigenvalue weighted by molar-refractivity contribution is 5.84. The van der Waals surface area contributed by atoms with Gasteiger partial charge in [-0.25, -0.2) is 0 Å². The first-order chi connectivity index (χ1) is 6.48. The van der Waals surface area contributed by atoms with Crippen molar-refractivity contribution in [3.8, 4) is 0 Å². The molecular weight excluding hydrogens is 170 g/mol. The molecule has 14 heavy (non-hydrogen) atoms. The van der Waals surface area contributed by atoms with E-state index in [0.29, 0.717) is 0 Å². The van der Waals surface area contributed by atoms with Gasteiger partial charge >= 0.3 is 0 Å². The number of rotatable bonds is 0. The van der Waals surface area contributed by atoms with Gasteiger partial charge in [0.2, 0.25) is 0 Å². The number of hydrogen-bond acceptors (Lipinski definition) is 0. The van der Waals surface area contributed by atoms with E-state index in [-0.39, 0.29) is 5.41 Å². The number of fused-ring (bicyclic) bond motifs is 1. The van der Waals surface area contributed by atoms with Gasteiger partial charge in [-0.15, -0.1) is 0 Å². The van der Waals surface area contributed by atoms with E-state index in [1.54, 1.807) is 0 Å². The van der Waals surface area contributed by atoms with Gasteiger partial charge in [0.05, 0.1) is 0 Å². The maximum absolute atomic E-state index is 3.37. The van der Waals surface area contributed by atoms with E-state index in [0.717, 1.165) is 0 Å². The molecule has 0 aliphatic rings. The second-order valence-electron chi connectivity index (χ2n) is 4.97. The molecule has 0 fully saturated rings. The largest absolute Gasteiger partial charge is 0.359 e. The van der Waals surface area contributed by atoms with Crippen LogP contribution in [0.5, 0.6) is 0 Å². The number of benzene rings is 1. The minimum atomic E-state index is 0.216. The minimum absolute atomic E-state index is 0.216. The summed E-state index contributed by atoms with van der Waals surface area (Å²) in [6.45, 7) is 8.87. The summed E-state index contributed by atoms with van der Waals surface area (Å²) < 4.78 is 0. The zero-order valence-electron chi connectivity index (χ0n) is 9.31. The fourth-order valence-electron chi connectivity index (χ4n) is 1.95. The molecule has 1 heteroatoms. The summed E-state index contributed by atoms with van der Waals surface area (Å²) in [5, 5.41) is 1.36. The van der Waals surface area contributed by atoms with Crippen molar-refractivity contribution in [2.24, 2.45) is 0 Å². The van der Waals surface area contributed by atoms with Crippen molar-refractivity contribution in [3.63, 3.8) is 0 Å². The van der Waals surface area contributed by atoms with Crippen LogP contribution >= 0.6 is 0 Å². The summed E-state index contributed by atoms with van der Waals surface area (Å²) in [6, 6.07) is 8.71. The summed E-state index contributed by atoms with van der Waals surface area (Å²) in [6.07, 6.45) is 0. The van der Waals surface area contributed by atoms with Crippen LogP contribution in [0.3, 0.4) is 0 Å². The van der Waals surface area contributed by atoms with Crippen LogP contribution in [0.4, 0.5) is 0 Å².